The van der Waals surface area contributed by atoms with Gasteiger partial charge in [0.25, 0.3) is 0 Å². The highest BCUT2D eigenvalue weighted by atomic mass is 79.9. The third-order valence-electron chi connectivity index (χ3n) is 2.32. The third kappa shape index (κ3) is 4.44. The van der Waals surface area contributed by atoms with Gasteiger partial charge in [-0.1, -0.05) is 13.8 Å². The molecule has 0 heterocycles. The van der Waals surface area contributed by atoms with Crippen LogP contribution in [0, 0.1) is 5.92 Å². The van der Waals surface area contributed by atoms with E-state index >= 15 is 0 Å². The van der Waals surface area contributed by atoms with E-state index in [2.05, 4.69) is 29.8 Å². The molecule has 0 aliphatic heterocycles. The predicted octanol–water partition coefficient (Wildman–Crippen LogP) is 4.27. The number of methoxy groups -OCH3 is 1. The third-order valence-corrected chi connectivity index (χ3v) is 2.94. The molecule has 1 aromatic carbocycles. The van der Waals surface area contributed by atoms with Gasteiger partial charge in [-0.25, -0.2) is 0 Å². The van der Waals surface area contributed by atoms with Crippen LogP contribution < -0.4 is 9.47 Å². The Morgan fingerprint density at radius 3 is 2.62 bits per heavy atom. The van der Waals surface area contributed by atoms with Gasteiger partial charge in [-0.15, -0.1) is 0 Å². The normalized spacial score (nSPS) is 10.6. The summed E-state index contributed by atoms with van der Waals surface area (Å²) in [5.41, 5.74) is 0. The average Bonchev–Trinajstić information content (AvgIpc) is 2.25. The summed E-state index contributed by atoms with van der Waals surface area (Å²) in [7, 11) is 1.66. The topological polar surface area (TPSA) is 18.5 Å². The molecule has 0 spiro atoms. The second kappa shape index (κ2) is 6.79. The maximum Gasteiger partial charge on any atom is 0.133 e. The van der Waals surface area contributed by atoms with Crippen LogP contribution in [0.5, 0.6) is 11.5 Å². The van der Waals surface area contributed by atoms with Crippen molar-refractivity contribution in [1.82, 2.24) is 0 Å². The van der Waals surface area contributed by atoms with Crippen LogP contribution in [0.4, 0.5) is 0 Å². The van der Waals surface area contributed by atoms with Gasteiger partial charge in [0.2, 0.25) is 0 Å². The molecule has 0 aliphatic carbocycles. The summed E-state index contributed by atoms with van der Waals surface area (Å²) >= 11 is 3.46. The van der Waals surface area contributed by atoms with Crippen molar-refractivity contribution < 1.29 is 9.47 Å². The monoisotopic (exact) mass is 286 g/mol. The van der Waals surface area contributed by atoms with Gasteiger partial charge in [0.15, 0.2) is 0 Å². The largest absolute Gasteiger partial charge is 0.497 e. The molecule has 0 bridgehead atoms. The molecule has 16 heavy (non-hydrogen) atoms. The molecule has 0 atom stereocenters. The first-order valence-corrected chi connectivity index (χ1v) is 6.39. The van der Waals surface area contributed by atoms with E-state index in [1.54, 1.807) is 7.11 Å². The van der Waals surface area contributed by atoms with Gasteiger partial charge < -0.3 is 9.47 Å². The van der Waals surface area contributed by atoms with E-state index in [-0.39, 0.29) is 0 Å². The fourth-order valence-corrected chi connectivity index (χ4v) is 1.87. The Bertz CT molecular complexity index is 324. The first-order chi connectivity index (χ1) is 7.63. The van der Waals surface area contributed by atoms with Crippen LogP contribution in [0.25, 0.3) is 0 Å². The van der Waals surface area contributed by atoms with Crippen LogP contribution in [0.2, 0.25) is 0 Å². The first-order valence-electron chi connectivity index (χ1n) is 5.60. The molecule has 0 radical (unpaired) electrons. The smallest absolute Gasteiger partial charge is 0.133 e. The Kier molecular flexibility index (Phi) is 5.67. The van der Waals surface area contributed by atoms with E-state index in [1.165, 1.54) is 6.42 Å². The Balaban J connectivity index is 2.42. The highest BCUT2D eigenvalue weighted by Crippen LogP contribution is 2.29. The lowest BCUT2D eigenvalue weighted by Gasteiger charge is -2.10. The quantitative estimate of drug-likeness (QED) is 0.727. The number of rotatable bonds is 6. The van der Waals surface area contributed by atoms with Crippen molar-refractivity contribution in [3.05, 3.63) is 22.7 Å². The summed E-state index contributed by atoms with van der Waals surface area (Å²) in [6.45, 7) is 5.22. The fraction of sp³-hybridized carbons (Fsp3) is 0.538. The van der Waals surface area contributed by atoms with Crippen LogP contribution in [-0.4, -0.2) is 13.7 Å². The molecule has 1 aromatic rings. The highest BCUT2D eigenvalue weighted by Gasteiger charge is 2.03. The van der Waals surface area contributed by atoms with Crippen molar-refractivity contribution in [3.8, 4) is 11.5 Å². The van der Waals surface area contributed by atoms with E-state index in [9.17, 15) is 0 Å². The summed E-state index contributed by atoms with van der Waals surface area (Å²) in [6, 6.07) is 5.75. The van der Waals surface area contributed by atoms with Crippen molar-refractivity contribution in [2.75, 3.05) is 13.7 Å². The molecule has 0 aromatic heterocycles. The molecule has 0 fully saturated rings. The SMILES string of the molecule is COc1ccc(OCCCC(C)C)c(Br)c1. The Morgan fingerprint density at radius 2 is 2.06 bits per heavy atom. The van der Waals surface area contributed by atoms with Crippen molar-refractivity contribution >= 4 is 15.9 Å². The zero-order valence-electron chi connectivity index (χ0n) is 10.1. The molecule has 0 saturated carbocycles. The average molecular weight is 287 g/mol. The van der Waals surface area contributed by atoms with E-state index < -0.39 is 0 Å². The van der Waals surface area contributed by atoms with Crippen LogP contribution in [-0.2, 0) is 0 Å². The fourth-order valence-electron chi connectivity index (χ4n) is 1.40. The second-order valence-corrected chi connectivity index (χ2v) is 5.04. The van der Waals surface area contributed by atoms with Gasteiger partial charge in [-0.3, -0.25) is 0 Å². The van der Waals surface area contributed by atoms with Crippen LogP contribution in [0.15, 0.2) is 22.7 Å². The zero-order chi connectivity index (χ0) is 12.0. The lowest BCUT2D eigenvalue weighted by molar-refractivity contribution is 0.295. The van der Waals surface area contributed by atoms with Crippen LogP contribution in [0.1, 0.15) is 26.7 Å². The van der Waals surface area contributed by atoms with Gasteiger partial charge in [-0.05, 0) is 52.9 Å². The minimum Gasteiger partial charge on any atom is -0.497 e. The molecular weight excluding hydrogens is 268 g/mol. The molecule has 0 N–H and O–H groups in total. The minimum absolute atomic E-state index is 0.739. The summed E-state index contributed by atoms with van der Waals surface area (Å²) in [4.78, 5) is 0. The van der Waals surface area contributed by atoms with E-state index in [0.29, 0.717) is 0 Å². The summed E-state index contributed by atoms with van der Waals surface area (Å²) in [6.07, 6.45) is 2.30. The lowest BCUT2D eigenvalue weighted by atomic mass is 10.1. The summed E-state index contributed by atoms with van der Waals surface area (Å²) in [5.74, 6) is 2.45. The zero-order valence-corrected chi connectivity index (χ0v) is 11.7. The molecule has 0 amide bonds. The van der Waals surface area contributed by atoms with Crippen molar-refractivity contribution in [2.45, 2.75) is 26.7 Å². The van der Waals surface area contributed by atoms with Gasteiger partial charge in [0.1, 0.15) is 11.5 Å². The van der Waals surface area contributed by atoms with E-state index in [1.807, 2.05) is 18.2 Å². The van der Waals surface area contributed by atoms with E-state index in [0.717, 1.165) is 34.9 Å². The Labute approximate surface area is 106 Å². The maximum absolute atomic E-state index is 5.68. The van der Waals surface area contributed by atoms with Crippen molar-refractivity contribution in [2.24, 2.45) is 5.92 Å². The molecule has 90 valence electrons. The number of ether oxygens (including phenoxy) is 2. The highest BCUT2D eigenvalue weighted by molar-refractivity contribution is 9.10. The molecule has 0 aliphatic rings. The second-order valence-electron chi connectivity index (χ2n) is 4.18. The molecule has 0 unspecified atom stereocenters. The van der Waals surface area contributed by atoms with Gasteiger partial charge in [-0.2, -0.15) is 0 Å². The number of benzene rings is 1. The number of halogens is 1. The Hall–Kier alpha value is -0.700. The first kappa shape index (κ1) is 13.4. The van der Waals surface area contributed by atoms with Crippen molar-refractivity contribution in [3.63, 3.8) is 0 Å². The van der Waals surface area contributed by atoms with Crippen LogP contribution >= 0.6 is 15.9 Å². The molecule has 0 saturated heterocycles. The standard InChI is InChI=1S/C13H19BrO2/c1-10(2)5-4-8-16-13-7-6-11(15-3)9-12(13)14/h6-7,9-10H,4-5,8H2,1-3H3. The molecular formula is C13H19BrO2. The minimum atomic E-state index is 0.739. The van der Waals surface area contributed by atoms with Gasteiger partial charge >= 0.3 is 0 Å². The van der Waals surface area contributed by atoms with Crippen molar-refractivity contribution in [1.29, 1.82) is 0 Å². The Morgan fingerprint density at radius 1 is 1.31 bits per heavy atom. The molecule has 3 heteroatoms. The summed E-state index contributed by atoms with van der Waals surface area (Å²) in [5, 5.41) is 0. The van der Waals surface area contributed by atoms with Gasteiger partial charge in [0.05, 0.1) is 18.2 Å². The van der Waals surface area contributed by atoms with E-state index in [4.69, 9.17) is 9.47 Å². The number of hydrogen-bond donors (Lipinski definition) is 0. The predicted molar refractivity (Wildman–Crippen MR) is 70.3 cm³/mol. The maximum atomic E-state index is 5.68. The molecule has 2 nitrogen and oxygen atoms in total. The summed E-state index contributed by atoms with van der Waals surface area (Å²) < 4.78 is 11.7. The van der Waals surface area contributed by atoms with Crippen LogP contribution in [0.3, 0.4) is 0 Å². The van der Waals surface area contributed by atoms with Gasteiger partial charge in [0, 0.05) is 0 Å². The molecule has 1 rings (SSSR count). The number of hydrogen-bond acceptors (Lipinski definition) is 2. The lowest BCUT2D eigenvalue weighted by Crippen LogP contribution is -2.00.